The first-order chi connectivity index (χ1) is 6.91. The lowest BCUT2D eigenvalue weighted by Gasteiger charge is -2.30. The summed E-state index contributed by atoms with van der Waals surface area (Å²) < 4.78 is 4.81. The van der Waals surface area contributed by atoms with Gasteiger partial charge in [-0.15, -0.1) is 0 Å². The van der Waals surface area contributed by atoms with Gasteiger partial charge in [0.2, 0.25) is 0 Å². The molecule has 0 spiro atoms. The molecule has 0 rings (SSSR count). The maximum absolute atomic E-state index is 11.3. The summed E-state index contributed by atoms with van der Waals surface area (Å²) >= 11 is 0. The number of hydrogen-bond donors (Lipinski definition) is 1. The van der Waals surface area contributed by atoms with Gasteiger partial charge in [0.1, 0.15) is 6.61 Å². The number of carbonyl (C=O) groups is 1. The molecular formula is C12H25NO2. The van der Waals surface area contributed by atoms with E-state index in [-0.39, 0.29) is 17.8 Å². The van der Waals surface area contributed by atoms with Crippen LogP contribution < -0.4 is 5.73 Å². The number of methoxy groups -OCH3 is 1. The van der Waals surface area contributed by atoms with Gasteiger partial charge in [0, 0.05) is 13.5 Å². The number of carbonyl (C=O) groups excluding carboxylic acids is 1. The average Bonchev–Trinajstić information content (AvgIpc) is 2.10. The molecule has 0 aromatic carbocycles. The maximum Gasteiger partial charge on any atom is 0.158 e. The summed E-state index contributed by atoms with van der Waals surface area (Å²) in [7, 11) is 1.55. The predicted molar refractivity (Wildman–Crippen MR) is 62.7 cm³/mol. The number of hydrogen-bond acceptors (Lipinski definition) is 3. The minimum Gasteiger partial charge on any atom is -0.377 e. The summed E-state index contributed by atoms with van der Waals surface area (Å²) in [6.45, 7) is 7.54. The van der Waals surface area contributed by atoms with Gasteiger partial charge in [0.25, 0.3) is 0 Å². The van der Waals surface area contributed by atoms with Gasteiger partial charge >= 0.3 is 0 Å². The second-order valence-electron chi connectivity index (χ2n) is 5.15. The Balaban J connectivity index is 4.02. The smallest absolute Gasteiger partial charge is 0.158 e. The van der Waals surface area contributed by atoms with Crippen LogP contribution >= 0.6 is 0 Å². The molecule has 0 radical (unpaired) electrons. The Morgan fingerprint density at radius 1 is 1.33 bits per heavy atom. The molecule has 3 heteroatoms. The molecule has 0 aliphatic carbocycles. The molecule has 1 atom stereocenters. The fourth-order valence-corrected chi connectivity index (χ4v) is 1.78. The van der Waals surface area contributed by atoms with Crippen LogP contribution in [0.25, 0.3) is 0 Å². The van der Waals surface area contributed by atoms with Gasteiger partial charge < -0.3 is 10.5 Å². The van der Waals surface area contributed by atoms with E-state index in [1.54, 1.807) is 7.11 Å². The molecule has 3 nitrogen and oxygen atoms in total. The van der Waals surface area contributed by atoms with E-state index < -0.39 is 0 Å². The zero-order valence-electron chi connectivity index (χ0n) is 10.5. The van der Waals surface area contributed by atoms with Crippen LogP contribution in [0.5, 0.6) is 0 Å². The van der Waals surface area contributed by atoms with E-state index in [0.29, 0.717) is 18.9 Å². The van der Waals surface area contributed by atoms with Crippen molar-refractivity contribution >= 4 is 5.78 Å². The number of nitrogens with two attached hydrogens (primary N) is 1. The highest BCUT2D eigenvalue weighted by Crippen LogP contribution is 2.32. The maximum atomic E-state index is 11.3. The molecule has 0 saturated carbocycles. The van der Waals surface area contributed by atoms with Crippen LogP contribution in [-0.4, -0.2) is 26.0 Å². The highest BCUT2D eigenvalue weighted by Gasteiger charge is 2.24. The first-order valence-corrected chi connectivity index (χ1v) is 5.62. The van der Waals surface area contributed by atoms with E-state index in [2.05, 4.69) is 20.8 Å². The molecule has 0 amide bonds. The van der Waals surface area contributed by atoms with Crippen molar-refractivity contribution in [1.82, 2.24) is 0 Å². The van der Waals surface area contributed by atoms with Crippen LogP contribution in [0.15, 0.2) is 0 Å². The lowest BCUT2D eigenvalue weighted by molar-refractivity contribution is -0.123. The van der Waals surface area contributed by atoms with Gasteiger partial charge in [-0.2, -0.15) is 0 Å². The van der Waals surface area contributed by atoms with Crippen molar-refractivity contribution in [3.63, 3.8) is 0 Å². The van der Waals surface area contributed by atoms with Crippen LogP contribution in [0.4, 0.5) is 0 Å². The normalized spacial score (nSPS) is 13.9. The van der Waals surface area contributed by atoms with E-state index in [1.165, 1.54) is 0 Å². The molecule has 0 saturated heterocycles. The van der Waals surface area contributed by atoms with Gasteiger partial charge in [0.15, 0.2) is 5.78 Å². The molecule has 0 heterocycles. The third-order valence-corrected chi connectivity index (χ3v) is 2.82. The van der Waals surface area contributed by atoms with E-state index >= 15 is 0 Å². The summed E-state index contributed by atoms with van der Waals surface area (Å²) in [6.07, 6.45) is 2.52. The second-order valence-corrected chi connectivity index (χ2v) is 5.15. The number of ether oxygens (including phenoxy) is 1. The molecule has 0 aromatic rings. The fraction of sp³-hybridized carbons (Fsp3) is 0.917. The lowest BCUT2D eigenvalue weighted by atomic mass is 9.76. The van der Waals surface area contributed by atoms with Gasteiger partial charge in [-0.05, 0) is 30.7 Å². The summed E-state index contributed by atoms with van der Waals surface area (Å²) in [5, 5.41) is 0. The minimum atomic E-state index is 0.184. The molecule has 2 N–H and O–H groups in total. The van der Waals surface area contributed by atoms with E-state index in [1.807, 2.05) is 0 Å². The van der Waals surface area contributed by atoms with Crippen LogP contribution in [0, 0.1) is 11.3 Å². The monoisotopic (exact) mass is 215 g/mol. The topological polar surface area (TPSA) is 52.3 Å². The molecule has 90 valence electrons. The summed E-state index contributed by atoms with van der Waals surface area (Å²) in [4.78, 5) is 11.3. The van der Waals surface area contributed by atoms with Crippen molar-refractivity contribution in [3.8, 4) is 0 Å². The first-order valence-electron chi connectivity index (χ1n) is 5.62. The number of ketones is 1. The molecule has 0 bridgehead atoms. The zero-order valence-corrected chi connectivity index (χ0v) is 10.5. The Labute approximate surface area is 93.4 Å². The third-order valence-electron chi connectivity index (χ3n) is 2.82. The molecule has 0 aromatic heterocycles. The quantitative estimate of drug-likeness (QED) is 0.706. The van der Waals surface area contributed by atoms with Gasteiger partial charge in [0.05, 0.1) is 0 Å². The summed E-state index contributed by atoms with van der Waals surface area (Å²) in [5.74, 6) is 0.701. The van der Waals surface area contributed by atoms with E-state index in [9.17, 15) is 4.79 Å². The highest BCUT2D eigenvalue weighted by molar-refractivity contribution is 5.79. The summed E-state index contributed by atoms with van der Waals surface area (Å²) in [5.41, 5.74) is 5.81. The Morgan fingerprint density at radius 2 is 1.93 bits per heavy atom. The van der Waals surface area contributed by atoms with Crippen molar-refractivity contribution in [2.45, 2.75) is 40.0 Å². The molecular weight excluding hydrogens is 190 g/mol. The summed E-state index contributed by atoms with van der Waals surface area (Å²) in [6, 6.07) is 0. The second kappa shape index (κ2) is 6.96. The Kier molecular flexibility index (Phi) is 6.77. The van der Waals surface area contributed by atoms with Gasteiger partial charge in [-0.1, -0.05) is 20.8 Å². The van der Waals surface area contributed by atoms with Crippen LogP contribution in [0.3, 0.4) is 0 Å². The number of Topliss-reactive ketones (excluding diaryl/α,β-unsaturated/α-hetero) is 1. The van der Waals surface area contributed by atoms with Crippen molar-refractivity contribution in [1.29, 1.82) is 0 Å². The molecule has 0 fully saturated rings. The average molecular weight is 215 g/mol. The molecule has 0 aliphatic rings. The van der Waals surface area contributed by atoms with Crippen LogP contribution in [0.2, 0.25) is 0 Å². The van der Waals surface area contributed by atoms with Crippen molar-refractivity contribution in [2.75, 3.05) is 20.3 Å². The number of rotatable bonds is 7. The standard InChI is InChI=1S/C12H25NO2/c1-12(2,3)10(7-8-13)5-6-11(14)9-15-4/h10H,5-9,13H2,1-4H3. The Morgan fingerprint density at radius 3 is 2.33 bits per heavy atom. The van der Waals surface area contributed by atoms with Crippen LogP contribution in [0.1, 0.15) is 40.0 Å². The Bertz CT molecular complexity index is 185. The van der Waals surface area contributed by atoms with Crippen molar-refractivity contribution < 1.29 is 9.53 Å². The SMILES string of the molecule is COCC(=O)CCC(CCN)C(C)(C)C. The molecule has 15 heavy (non-hydrogen) atoms. The Hall–Kier alpha value is -0.410. The molecule has 1 unspecified atom stereocenters. The fourth-order valence-electron chi connectivity index (χ4n) is 1.78. The third kappa shape index (κ3) is 6.63. The van der Waals surface area contributed by atoms with Crippen LogP contribution in [-0.2, 0) is 9.53 Å². The zero-order chi connectivity index (χ0) is 11.9. The van der Waals surface area contributed by atoms with Crippen molar-refractivity contribution in [2.24, 2.45) is 17.1 Å². The lowest BCUT2D eigenvalue weighted by Crippen LogP contribution is -2.24. The molecule has 0 aliphatic heterocycles. The van der Waals surface area contributed by atoms with E-state index in [0.717, 1.165) is 12.8 Å². The van der Waals surface area contributed by atoms with E-state index in [4.69, 9.17) is 10.5 Å². The first kappa shape index (κ1) is 14.6. The minimum absolute atomic E-state index is 0.184. The largest absolute Gasteiger partial charge is 0.377 e. The van der Waals surface area contributed by atoms with Gasteiger partial charge in [-0.25, -0.2) is 0 Å². The highest BCUT2D eigenvalue weighted by atomic mass is 16.5. The van der Waals surface area contributed by atoms with Crippen molar-refractivity contribution in [3.05, 3.63) is 0 Å². The predicted octanol–water partition coefficient (Wildman–Crippen LogP) is 1.99. The van der Waals surface area contributed by atoms with Gasteiger partial charge in [-0.3, -0.25) is 4.79 Å².